The molecule has 1 unspecified atom stereocenters. The summed E-state index contributed by atoms with van der Waals surface area (Å²) in [4.78, 5) is 0. The third-order valence-corrected chi connectivity index (χ3v) is 3.26. The first-order chi connectivity index (χ1) is 8.24. The van der Waals surface area contributed by atoms with E-state index in [9.17, 15) is 4.39 Å². The van der Waals surface area contributed by atoms with Crippen LogP contribution in [0.4, 0.5) is 4.39 Å². The molecule has 0 aromatic heterocycles. The van der Waals surface area contributed by atoms with Crippen molar-refractivity contribution in [3.05, 3.63) is 41.2 Å². The van der Waals surface area contributed by atoms with E-state index in [-0.39, 0.29) is 5.82 Å². The van der Waals surface area contributed by atoms with Gasteiger partial charge >= 0.3 is 0 Å². The molecule has 0 saturated carbocycles. The lowest BCUT2D eigenvalue weighted by Gasteiger charge is -2.23. The number of rotatable bonds is 3. The normalized spacial score (nSPS) is 21.5. The number of nitrogens with one attached hydrogen (secondary N) is 1. The number of piperidine rings is 1. The second-order valence-corrected chi connectivity index (χ2v) is 4.89. The van der Waals surface area contributed by atoms with E-state index in [2.05, 4.69) is 18.3 Å². The molecule has 1 N–H and O–H groups in total. The van der Waals surface area contributed by atoms with Crippen molar-refractivity contribution >= 4 is 6.08 Å². The molecule has 1 aliphatic heterocycles. The topological polar surface area (TPSA) is 12.0 Å². The molecule has 2 heteroatoms. The summed E-state index contributed by atoms with van der Waals surface area (Å²) in [5.41, 5.74) is 2.44. The van der Waals surface area contributed by atoms with Crippen molar-refractivity contribution in [2.75, 3.05) is 6.54 Å². The van der Waals surface area contributed by atoms with Gasteiger partial charge in [0.1, 0.15) is 5.82 Å². The minimum Gasteiger partial charge on any atom is -0.314 e. The molecule has 1 nitrogen and oxygen atoms in total. The lowest BCUT2D eigenvalue weighted by atomic mass is 9.97. The van der Waals surface area contributed by atoms with Crippen LogP contribution in [-0.4, -0.2) is 12.6 Å². The fourth-order valence-corrected chi connectivity index (χ4v) is 2.39. The van der Waals surface area contributed by atoms with Gasteiger partial charge in [-0.2, -0.15) is 0 Å². The van der Waals surface area contributed by atoms with E-state index in [0.717, 1.165) is 18.5 Å². The Morgan fingerprint density at radius 2 is 2.12 bits per heavy atom. The molecule has 0 amide bonds. The lowest BCUT2D eigenvalue weighted by molar-refractivity contribution is 0.399. The van der Waals surface area contributed by atoms with Gasteiger partial charge < -0.3 is 5.32 Å². The van der Waals surface area contributed by atoms with E-state index in [0.29, 0.717) is 6.04 Å². The summed E-state index contributed by atoms with van der Waals surface area (Å²) in [6.45, 7) is 3.30. The fourth-order valence-electron chi connectivity index (χ4n) is 2.39. The Bertz CT molecular complexity index is 374. The predicted octanol–water partition coefficient (Wildman–Crippen LogP) is 3.76. The van der Waals surface area contributed by atoms with Crippen LogP contribution in [0, 0.1) is 5.82 Å². The second kappa shape index (κ2) is 5.97. The van der Waals surface area contributed by atoms with E-state index in [1.807, 2.05) is 12.1 Å². The quantitative estimate of drug-likeness (QED) is 0.838. The number of halogens is 1. The molecule has 17 heavy (non-hydrogen) atoms. The van der Waals surface area contributed by atoms with Crippen LogP contribution in [0.25, 0.3) is 6.08 Å². The Balaban J connectivity index is 1.93. The van der Waals surface area contributed by atoms with Gasteiger partial charge in [-0.3, -0.25) is 0 Å². The highest BCUT2D eigenvalue weighted by Crippen LogP contribution is 2.17. The minimum absolute atomic E-state index is 0.172. The minimum atomic E-state index is -0.172. The standard InChI is InChI=1S/C15H20FN/c1-12(11-15-4-2-3-9-17-15)10-13-5-7-14(16)8-6-13/h5-8,10,15,17H,2-4,9,11H2,1H3/b12-10-. The molecule has 2 rings (SSSR count). The van der Waals surface area contributed by atoms with Gasteiger partial charge in [-0.05, 0) is 50.4 Å². The van der Waals surface area contributed by atoms with Crippen LogP contribution in [0.15, 0.2) is 29.8 Å². The zero-order valence-corrected chi connectivity index (χ0v) is 10.4. The molecule has 0 radical (unpaired) electrons. The van der Waals surface area contributed by atoms with Crippen molar-refractivity contribution in [2.24, 2.45) is 0 Å². The lowest BCUT2D eigenvalue weighted by Crippen LogP contribution is -2.33. The summed E-state index contributed by atoms with van der Waals surface area (Å²) < 4.78 is 12.8. The van der Waals surface area contributed by atoms with Crippen LogP contribution < -0.4 is 5.32 Å². The van der Waals surface area contributed by atoms with Gasteiger partial charge in [-0.25, -0.2) is 4.39 Å². The predicted molar refractivity (Wildman–Crippen MR) is 70.3 cm³/mol. The molecule has 1 aromatic rings. The van der Waals surface area contributed by atoms with Gasteiger partial charge in [-0.15, -0.1) is 0 Å². The molecular weight excluding hydrogens is 213 g/mol. The first kappa shape index (κ1) is 12.3. The summed E-state index contributed by atoms with van der Waals surface area (Å²) in [6, 6.07) is 7.30. The third-order valence-electron chi connectivity index (χ3n) is 3.26. The fraction of sp³-hybridized carbons (Fsp3) is 0.467. The van der Waals surface area contributed by atoms with Gasteiger partial charge in [0.15, 0.2) is 0 Å². The Morgan fingerprint density at radius 1 is 1.35 bits per heavy atom. The molecule has 1 heterocycles. The Labute approximate surface area is 103 Å². The molecule has 0 bridgehead atoms. The molecular formula is C15H20FN. The van der Waals surface area contributed by atoms with Crippen molar-refractivity contribution < 1.29 is 4.39 Å². The van der Waals surface area contributed by atoms with Gasteiger partial charge in [0.05, 0.1) is 0 Å². The third kappa shape index (κ3) is 3.97. The summed E-state index contributed by atoms with van der Waals surface area (Å²) in [5, 5.41) is 3.54. The molecule has 1 saturated heterocycles. The van der Waals surface area contributed by atoms with Gasteiger partial charge in [0, 0.05) is 6.04 Å². The summed E-state index contributed by atoms with van der Waals surface area (Å²) in [6.07, 6.45) is 7.15. The highest BCUT2D eigenvalue weighted by molar-refractivity contribution is 5.52. The molecule has 92 valence electrons. The van der Waals surface area contributed by atoms with Crippen LogP contribution in [-0.2, 0) is 0 Å². The zero-order valence-electron chi connectivity index (χ0n) is 10.4. The largest absolute Gasteiger partial charge is 0.314 e. The van der Waals surface area contributed by atoms with Crippen molar-refractivity contribution in [2.45, 2.75) is 38.6 Å². The second-order valence-electron chi connectivity index (χ2n) is 4.89. The van der Waals surface area contributed by atoms with Crippen LogP contribution in [0.3, 0.4) is 0 Å². The first-order valence-electron chi connectivity index (χ1n) is 6.40. The monoisotopic (exact) mass is 233 g/mol. The molecule has 0 aliphatic carbocycles. The average Bonchev–Trinajstić information content (AvgIpc) is 2.33. The Kier molecular flexibility index (Phi) is 4.32. The van der Waals surface area contributed by atoms with Gasteiger partial charge in [0.25, 0.3) is 0 Å². The molecule has 0 spiro atoms. The van der Waals surface area contributed by atoms with E-state index < -0.39 is 0 Å². The van der Waals surface area contributed by atoms with Crippen molar-refractivity contribution in [3.8, 4) is 0 Å². The van der Waals surface area contributed by atoms with Crippen LogP contribution >= 0.6 is 0 Å². The maximum absolute atomic E-state index is 12.8. The van der Waals surface area contributed by atoms with Crippen LogP contribution in [0.2, 0.25) is 0 Å². The SMILES string of the molecule is C/C(=C/c1ccc(F)cc1)CC1CCCCN1. The van der Waals surface area contributed by atoms with Crippen LogP contribution in [0.1, 0.15) is 38.2 Å². The number of benzene rings is 1. The molecule has 1 aliphatic rings. The van der Waals surface area contributed by atoms with E-state index in [1.165, 1.54) is 37.0 Å². The molecule has 1 atom stereocenters. The Hall–Kier alpha value is -1.15. The molecule has 1 aromatic carbocycles. The van der Waals surface area contributed by atoms with E-state index >= 15 is 0 Å². The maximum atomic E-state index is 12.8. The zero-order chi connectivity index (χ0) is 12.1. The van der Waals surface area contributed by atoms with Crippen molar-refractivity contribution in [3.63, 3.8) is 0 Å². The van der Waals surface area contributed by atoms with E-state index in [1.54, 1.807) is 0 Å². The summed E-state index contributed by atoms with van der Waals surface area (Å²) in [7, 11) is 0. The summed E-state index contributed by atoms with van der Waals surface area (Å²) in [5.74, 6) is -0.172. The smallest absolute Gasteiger partial charge is 0.123 e. The summed E-state index contributed by atoms with van der Waals surface area (Å²) >= 11 is 0. The van der Waals surface area contributed by atoms with E-state index in [4.69, 9.17) is 0 Å². The first-order valence-corrected chi connectivity index (χ1v) is 6.40. The highest BCUT2D eigenvalue weighted by Gasteiger charge is 2.12. The number of hydrogen-bond donors (Lipinski definition) is 1. The number of hydrogen-bond acceptors (Lipinski definition) is 1. The van der Waals surface area contributed by atoms with Crippen molar-refractivity contribution in [1.29, 1.82) is 0 Å². The van der Waals surface area contributed by atoms with Crippen molar-refractivity contribution in [1.82, 2.24) is 5.32 Å². The Morgan fingerprint density at radius 3 is 2.76 bits per heavy atom. The highest BCUT2D eigenvalue weighted by atomic mass is 19.1. The maximum Gasteiger partial charge on any atom is 0.123 e. The molecule has 1 fully saturated rings. The van der Waals surface area contributed by atoms with Crippen LogP contribution in [0.5, 0.6) is 0 Å². The average molecular weight is 233 g/mol. The van der Waals surface area contributed by atoms with Gasteiger partial charge in [0.2, 0.25) is 0 Å². The van der Waals surface area contributed by atoms with Gasteiger partial charge in [-0.1, -0.05) is 30.2 Å².